The number of fused-ring (bicyclic) bond motifs is 1. The molecule has 0 atom stereocenters. The molecule has 0 saturated carbocycles. The van der Waals surface area contributed by atoms with Gasteiger partial charge in [0.2, 0.25) is 0 Å². The van der Waals surface area contributed by atoms with Crippen molar-refractivity contribution >= 4 is 50.3 Å². The Kier molecular flexibility index (Phi) is 4.92. The molecule has 0 aliphatic carbocycles. The molecule has 2 rings (SSSR count). The standard InChI is InChI=1S/C12H13BrClFN2S/c1-18-5-4-17-11-6-8(13)9(15)7-10(11)16-12(17)2-3-14/h6-7H,2-5H2,1H3. The Morgan fingerprint density at radius 1 is 1.50 bits per heavy atom. The van der Waals surface area contributed by atoms with Gasteiger partial charge in [0, 0.05) is 30.7 Å². The molecule has 0 aliphatic heterocycles. The van der Waals surface area contributed by atoms with Crippen molar-refractivity contribution in [1.82, 2.24) is 9.55 Å². The van der Waals surface area contributed by atoms with Crippen LogP contribution in [0, 0.1) is 5.82 Å². The van der Waals surface area contributed by atoms with Gasteiger partial charge in [0.25, 0.3) is 0 Å². The fourth-order valence-corrected chi connectivity index (χ4v) is 2.74. The molecular formula is C12H13BrClFN2S. The largest absolute Gasteiger partial charge is 0.327 e. The predicted octanol–water partition coefficient (Wildman–Crippen LogP) is 4.08. The molecule has 1 aromatic carbocycles. The second-order valence-electron chi connectivity index (χ2n) is 3.87. The predicted molar refractivity (Wildman–Crippen MR) is 80.2 cm³/mol. The smallest absolute Gasteiger partial charge is 0.139 e. The van der Waals surface area contributed by atoms with Gasteiger partial charge in [-0.2, -0.15) is 11.8 Å². The highest BCUT2D eigenvalue weighted by atomic mass is 79.9. The zero-order valence-electron chi connectivity index (χ0n) is 9.92. The summed E-state index contributed by atoms with van der Waals surface area (Å²) in [5.74, 6) is 2.16. The molecular weight excluding hydrogens is 339 g/mol. The number of rotatable bonds is 5. The van der Waals surface area contributed by atoms with Gasteiger partial charge < -0.3 is 4.57 Å². The van der Waals surface area contributed by atoms with Crippen LogP contribution in [0.2, 0.25) is 0 Å². The number of benzene rings is 1. The summed E-state index contributed by atoms with van der Waals surface area (Å²) in [6.07, 6.45) is 2.76. The number of halogens is 3. The summed E-state index contributed by atoms with van der Waals surface area (Å²) < 4.78 is 16.1. The number of hydrogen-bond acceptors (Lipinski definition) is 2. The van der Waals surface area contributed by atoms with Crippen LogP contribution in [0.15, 0.2) is 16.6 Å². The van der Waals surface area contributed by atoms with E-state index in [2.05, 4.69) is 31.7 Å². The quantitative estimate of drug-likeness (QED) is 0.755. The van der Waals surface area contributed by atoms with Gasteiger partial charge >= 0.3 is 0 Å². The van der Waals surface area contributed by atoms with E-state index >= 15 is 0 Å². The van der Waals surface area contributed by atoms with Crippen LogP contribution < -0.4 is 0 Å². The zero-order valence-corrected chi connectivity index (χ0v) is 13.1. The van der Waals surface area contributed by atoms with Crippen LogP contribution in [-0.2, 0) is 13.0 Å². The topological polar surface area (TPSA) is 17.8 Å². The zero-order chi connectivity index (χ0) is 13.1. The van der Waals surface area contributed by atoms with Crippen molar-refractivity contribution < 1.29 is 4.39 Å². The molecule has 0 unspecified atom stereocenters. The molecule has 2 nitrogen and oxygen atoms in total. The monoisotopic (exact) mass is 350 g/mol. The highest BCUT2D eigenvalue weighted by Crippen LogP contribution is 2.25. The average molecular weight is 352 g/mol. The van der Waals surface area contributed by atoms with E-state index in [4.69, 9.17) is 11.6 Å². The Morgan fingerprint density at radius 3 is 2.94 bits per heavy atom. The van der Waals surface area contributed by atoms with E-state index in [9.17, 15) is 4.39 Å². The van der Waals surface area contributed by atoms with Crippen molar-refractivity contribution in [2.24, 2.45) is 0 Å². The number of hydrogen-bond donors (Lipinski definition) is 0. The molecule has 0 aliphatic rings. The minimum absolute atomic E-state index is 0.283. The molecule has 0 saturated heterocycles. The van der Waals surface area contributed by atoms with E-state index in [1.165, 1.54) is 6.07 Å². The summed E-state index contributed by atoms with van der Waals surface area (Å²) in [6, 6.07) is 3.25. The average Bonchev–Trinajstić information content (AvgIpc) is 2.65. The minimum Gasteiger partial charge on any atom is -0.327 e. The van der Waals surface area contributed by atoms with Gasteiger partial charge in [-0.15, -0.1) is 11.6 Å². The van der Waals surface area contributed by atoms with Gasteiger partial charge in [-0.1, -0.05) is 0 Å². The third-order valence-corrected chi connectivity index (χ3v) is 4.09. The van der Waals surface area contributed by atoms with Gasteiger partial charge in [-0.05, 0) is 28.3 Å². The van der Waals surface area contributed by atoms with Gasteiger partial charge in [0.1, 0.15) is 11.6 Å². The SMILES string of the molecule is CSCCn1c(CCCl)nc2cc(F)c(Br)cc21. The lowest BCUT2D eigenvalue weighted by atomic mass is 10.3. The third-order valence-electron chi connectivity index (χ3n) is 2.71. The summed E-state index contributed by atoms with van der Waals surface area (Å²) >= 11 is 10.8. The van der Waals surface area contributed by atoms with Gasteiger partial charge in [-0.25, -0.2) is 9.37 Å². The van der Waals surface area contributed by atoms with E-state index in [0.717, 1.165) is 23.6 Å². The van der Waals surface area contributed by atoms with Crippen molar-refractivity contribution in [2.75, 3.05) is 17.9 Å². The molecule has 1 heterocycles. The third kappa shape index (κ3) is 2.83. The maximum atomic E-state index is 13.5. The van der Waals surface area contributed by atoms with Crippen LogP contribution in [0.4, 0.5) is 4.39 Å². The van der Waals surface area contributed by atoms with Crippen molar-refractivity contribution in [3.8, 4) is 0 Å². The Balaban J connectivity index is 2.53. The summed E-state index contributed by atoms with van der Waals surface area (Å²) in [5.41, 5.74) is 1.65. The fourth-order valence-electron chi connectivity index (χ4n) is 1.88. The first-order valence-corrected chi connectivity index (χ1v) is 8.28. The number of nitrogens with zero attached hydrogens (tertiary/aromatic N) is 2. The number of aromatic nitrogens is 2. The highest BCUT2D eigenvalue weighted by Gasteiger charge is 2.12. The second kappa shape index (κ2) is 6.26. The molecule has 98 valence electrons. The fraction of sp³-hybridized carbons (Fsp3) is 0.417. The van der Waals surface area contributed by atoms with Crippen LogP contribution in [0.5, 0.6) is 0 Å². The van der Waals surface area contributed by atoms with E-state index in [0.29, 0.717) is 22.3 Å². The maximum absolute atomic E-state index is 13.5. The van der Waals surface area contributed by atoms with Crippen LogP contribution >= 0.6 is 39.3 Å². The summed E-state index contributed by atoms with van der Waals surface area (Å²) in [7, 11) is 0. The van der Waals surface area contributed by atoms with Gasteiger partial charge in [-0.3, -0.25) is 0 Å². The summed E-state index contributed by atoms with van der Waals surface area (Å²) in [4.78, 5) is 4.47. The van der Waals surface area contributed by atoms with E-state index in [1.54, 1.807) is 17.8 Å². The number of thioether (sulfide) groups is 1. The van der Waals surface area contributed by atoms with E-state index in [-0.39, 0.29) is 5.82 Å². The molecule has 0 bridgehead atoms. The van der Waals surface area contributed by atoms with Crippen LogP contribution in [-0.4, -0.2) is 27.4 Å². The Labute approximate surface area is 123 Å². The van der Waals surface area contributed by atoms with Gasteiger partial charge in [0.15, 0.2) is 0 Å². The van der Waals surface area contributed by atoms with Crippen molar-refractivity contribution in [3.05, 3.63) is 28.2 Å². The Bertz CT molecular complexity index is 558. The first kappa shape index (κ1) is 14.2. The number of aryl methyl sites for hydroxylation is 2. The minimum atomic E-state index is -0.283. The van der Waals surface area contributed by atoms with Crippen LogP contribution in [0.25, 0.3) is 11.0 Å². The van der Waals surface area contributed by atoms with Crippen LogP contribution in [0.3, 0.4) is 0 Å². The van der Waals surface area contributed by atoms with Crippen LogP contribution in [0.1, 0.15) is 5.82 Å². The highest BCUT2D eigenvalue weighted by molar-refractivity contribution is 9.10. The summed E-state index contributed by atoms with van der Waals surface area (Å²) in [5, 5.41) is 0. The second-order valence-corrected chi connectivity index (χ2v) is 6.08. The van der Waals surface area contributed by atoms with Crippen molar-refractivity contribution in [1.29, 1.82) is 0 Å². The molecule has 0 spiro atoms. The van der Waals surface area contributed by atoms with Crippen molar-refractivity contribution in [3.63, 3.8) is 0 Å². The molecule has 0 radical (unpaired) electrons. The van der Waals surface area contributed by atoms with E-state index in [1.807, 2.05) is 0 Å². The van der Waals surface area contributed by atoms with Gasteiger partial charge in [0.05, 0.1) is 15.5 Å². The number of alkyl halides is 1. The molecule has 0 fully saturated rings. The lowest BCUT2D eigenvalue weighted by Gasteiger charge is -2.07. The molecule has 0 N–H and O–H groups in total. The first-order valence-electron chi connectivity index (χ1n) is 5.56. The number of imidazole rings is 1. The lowest BCUT2D eigenvalue weighted by Crippen LogP contribution is -2.06. The molecule has 0 amide bonds. The normalized spacial score (nSPS) is 11.3. The molecule has 1 aromatic heterocycles. The first-order chi connectivity index (χ1) is 8.67. The molecule has 18 heavy (non-hydrogen) atoms. The lowest BCUT2D eigenvalue weighted by molar-refractivity contribution is 0.622. The Morgan fingerprint density at radius 2 is 2.28 bits per heavy atom. The molecule has 2 aromatic rings. The maximum Gasteiger partial charge on any atom is 0.139 e. The molecule has 6 heteroatoms. The van der Waals surface area contributed by atoms with Crippen molar-refractivity contribution in [2.45, 2.75) is 13.0 Å². The van der Waals surface area contributed by atoms with E-state index < -0.39 is 0 Å². The Hall–Kier alpha value is -0.260. The summed E-state index contributed by atoms with van der Waals surface area (Å²) in [6.45, 7) is 0.863.